The number of hydrogen-bond donors (Lipinski definition) is 0. The van der Waals surface area contributed by atoms with Gasteiger partial charge in [0, 0.05) is 21.9 Å². The van der Waals surface area contributed by atoms with Gasteiger partial charge in [-0.1, -0.05) is 121 Å². The Bertz CT molecular complexity index is 2810. The van der Waals surface area contributed by atoms with Crippen molar-refractivity contribution in [3.05, 3.63) is 169 Å². The second-order valence-electron chi connectivity index (χ2n) is 13.6. The second-order valence-corrected chi connectivity index (χ2v) is 13.6. The third kappa shape index (κ3) is 4.15. The minimum absolute atomic E-state index is 0.869. The first kappa shape index (κ1) is 27.6. The molecule has 2 nitrogen and oxygen atoms in total. The lowest BCUT2D eigenvalue weighted by Crippen LogP contribution is -2.03. The van der Waals surface area contributed by atoms with E-state index in [1.807, 2.05) is 0 Å². The summed E-state index contributed by atoms with van der Waals surface area (Å²) in [5.41, 5.74) is 12.2. The summed E-state index contributed by atoms with van der Waals surface area (Å²) in [6, 6.07) is 52.4. The molecule has 0 spiro atoms. The Kier molecular flexibility index (Phi) is 5.82. The Morgan fingerprint density at radius 2 is 0.880 bits per heavy atom. The number of rotatable bonds is 3. The predicted octanol–water partition coefficient (Wildman–Crippen LogP) is 13.6. The highest BCUT2D eigenvalue weighted by atomic mass is 16.5. The van der Waals surface area contributed by atoms with E-state index in [0.29, 0.717) is 0 Å². The molecule has 11 rings (SSSR count). The Balaban J connectivity index is 0.949. The molecule has 3 aliphatic rings. The summed E-state index contributed by atoms with van der Waals surface area (Å²) >= 11 is 0. The van der Waals surface area contributed by atoms with E-state index in [2.05, 4.69) is 158 Å². The number of fused-ring (bicyclic) bond motifs is 6. The van der Waals surface area contributed by atoms with Crippen LogP contribution < -0.4 is 9.47 Å². The van der Waals surface area contributed by atoms with Crippen LogP contribution in [0.5, 0.6) is 23.0 Å². The van der Waals surface area contributed by atoms with Crippen molar-refractivity contribution < 1.29 is 9.47 Å². The van der Waals surface area contributed by atoms with Gasteiger partial charge >= 0.3 is 0 Å². The van der Waals surface area contributed by atoms with Crippen LogP contribution in [-0.4, -0.2) is 0 Å². The van der Waals surface area contributed by atoms with Crippen molar-refractivity contribution in [2.75, 3.05) is 0 Å². The maximum absolute atomic E-state index is 6.70. The van der Waals surface area contributed by atoms with E-state index in [0.717, 1.165) is 63.3 Å². The zero-order valence-corrected chi connectivity index (χ0v) is 27.2. The predicted molar refractivity (Wildman–Crippen MR) is 207 cm³/mol. The summed E-state index contributed by atoms with van der Waals surface area (Å²) in [4.78, 5) is 0. The monoisotopic (exact) mass is 638 g/mol. The van der Waals surface area contributed by atoms with Gasteiger partial charge in [0.15, 0.2) is 0 Å². The molecule has 0 radical (unpaired) electrons. The van der Waals surface area contributed by atoms with E-state index < -0.39 is 0 Å². The Morgan fingerprint density at radius 3 is 1.58 bits per heavy atom. The van der Waals surface area contributed by atoms with E-state index in [9.17, 15) is 0 Å². The van der Waals surface area contributed by atoms with Crippen LogP contribution in [0.25, 0.3) is 76.8 Å². The SMILES string of the molecule is C1=C(c2ccc3c(c2)Oc2ccc4c5c(ccc-3c25)-c2ccc(-c3cccc5ccccc35)cc2O4)CCC(c2ccc3ccccc3c2)=C1. The topological polar surface area (TPSA) is 18.5 Å². The lowest BCUT2D eigenvalue weighted by Gasteiger charge is -2.28. The molecule has 0 fully saturated rings. The van der Waals surface area contributed by atoms with Crippen molar-refractivity contribution in [1.82, 2.24) is 0 Å². The molecule has 234 valence electrons. The maximum atomic E-state index is 6.70. The smallest absolute Gasteiger partial charge is 0.136 e. The fourth-order valence-corrected chi connectivity index (χ4v) is 8.30. The van der Waals surface area contributed by atoms with Gasteiger partial charge < -0.3 is 9.47 Å². The molecule has 50 heavy (non-hydrogen) atoms. The summed E-state index contributed by atoms with van der Waals surface area (Å²) in [5, 5.41) is 7.27. The minimum atomic E-state index is 0.869. The van der Waals surface area contributed by atoms with E-state index in [-0.39, 0.29) is 0 Å². The van der Waals surface area contributed by atoms with Crippen molar-refractivity contribution in [3.8, 4) is 56.4 Å². The summed E-state index contributed by atoms with van der Waals surface area (Å²) in [6.07, 6.45) is 6.60. The largest absolute Gasteiger partial charge is 0.456 e. The van der Waals surface area contributed by atoms with Gasteiger partial charge in [-0.25, -0.2) is 0 Å². The standard InChI is InChI=1S/C48H30O2/c1-2-8-33-26-34(17-16-29(33)6-1)30-12-14-31(15-13-30)35-18-20-39-41-22-23-42-40-21-19-36(38-11-5-9-32-7-3-4-10-37(32)38)28-46(40)50-44-25-24-43(47(41)48(42)44)49-45(39)27-35/h1-12,14,16-28H,13,15H2. The molecular formula is C48H30O2. The van der Waals surface area contributed by atoms with Gasteiger partial charge in [-0.2, -0.15) is 0 Å². The van der Waals surface area contributed by atoms with Crippen molar-refractivity contribution in [2.24, 2.45) is 0 Å². The Morgan fingerprint density at radius 1 is 0.340 bits per heavy atom. The van der Waals surface area contributed by atoms with Crippen LogP contribution in [0, 0.1) is 0 Å². The molecule has 8 aromatic rings. The van der Waals surface area contributed by atoms with Crippen LogP contribution >= 0.6 is 0 Å². The van der Waals surface area contributed by atoms with Crippen LogP contribution in [0.3, 0.4) is 0 Å². The Labute approximate surface area is 290 Å². The normalized spacial score (nSPS) is 14.0. The third-order valence-electron chi connectivity index (χ3n) is 10.8. The van der Waals surface area contributed by atoms with Gasteiger partial charge in [0.25, 0.3) is 0 Å². The van der Waals surface area contributed by atoms with Crippen LogP contribution in [0.1, 0.15) is 24.0 Å². The van der Waals surface area contributed by atoms with Crippen molar-refractivity contribution >= 4 is 43.5 Å². The molecule has 0 unspecified atom stereocenters. The van der Waals surface area contributed by atoms with Crippen molar-refractivity contribution in [2.45, 2.75) is 12.8 Å². The molecule has 2 heterocycles. The lowest BCUT2D eigenvalue weighted by molar-refractivity contribution is 0.475. The van der Waals surface area contributed by atoms with Crippen LogP contribution in [0.2, 0.25) is 0 Å². The van der Waals surface area contributed by atoms with Gasteiger partial charge in [0.1, 0.15) is 23.0 Å². The number of benzene rings is 8. The molecule has 0 atom stereocenters. The molecule has 2 heteroatoms. The average Bonchev–Trinajstić information content (AvgIpc) is 3.18. The van der Waals surface area contributed by atoms with Gasteiger partial charge in [-0.05, 0) is 115 Å². The van der Waals surface area contributed by atoms with Crippen LogP contribution in [0.4, 0.5) is 0 Å². The molecule has 8 aromatic carbocycles. The zero-order valence-electron chi connectivity index (χ0n) is 27.2. The molecule has 0 amide bonds. The molecule has 0 saturated carbocycles. The van der Waals surface area contributed by atoms with Crippen molar-refractivity contribution in [3.63, 3.8) is 0 Å². The summed E-state index contributed by atoms with van der Waals surface area (Å²) < 4.78 is 13.4. The van der Waals surface area contributed by atoms with Crippen molar-refractivity contribution in [1.29, 1.82) is 0 Å². The number of ether oxygens (including phenoxy) is 2. The summed E-state index contributed by atoms with van der Waals surface area (Å²) in [7, 11) is 0. The highest BCUT2D eigenvalue weighted by Gasteiger charge is 2.28. The second kappa shape index (κ2) is 10.6. The fourth-order valence-electron chi connectivity index (χ4n) is 8.30. The molecule has 0 N–H and O–H groups in total. The fraction of sp³-hybridized carbons (Fsp3) is 0.0417. The summed E-state index contributed by atoms with van der Waals surface area (Å²) in [5.74, 6) is 3.53. The molecule has 0 saturated heterocycles. The first-order chi connectivity index (χ1) is 24.7. The molecule has 1 aliphatic carbocycles. The lowest BCUT2D eigenvalue weighted by atomic mass is 9.86. The Hall–Kier alpha value is -6.38. The molecule has 0 aromatic heterocycles. The van der Waals surface area contributed by atoms with E-state index in [4.69, 9.17) is 9.47 Å². The van der Waals surface area contributed by atoms with E-state index in [1.54, 1.807) is 0 Å². The molecule has 2 aliphatic heterocycles. The van der Waals surface area contributed by atoms with Gasteiger partial charge in [-0.3, -0.25) is 0 Å². The minimum Gasteiger partial charge on any atom is -0.456 e. The van der Waals surface area contributed by atoms with Gasteiger partial charge in [0.2, 0.25) is 0 Å². The highest BCUT2D eigenvalue weighted by Crippen LogP contribution is 2.55. The molecular weight excluding hydrogens is 609 g/mol. The zero-order chi connectivity index (χ0) is 32.8. The third-order valence-corrected chi connectivity index (χ3v) is 10.8. The maximum Gasteiger partial charge on any atom is 0.136 e. The first-order valence-corrected chi connectivity index (χ1v) is 17.4. The first-order valence-electron chi connectivity index (χ1n) is 17.4. The number of hydrogen-bond acceptors (Lipinski definition) is 2. The number of allylic oxidation sites excluding steroid dienone is 4. The average molecular weight is 639 g/mol. The van der Waals surface area contributed by atoms with Crippen LogP contribution in [-0.2, 0) is 0 Å². The summed E-state index contributed by atoms with van der Waals surface area (Å²) in [6.45, 7) is 0. The van der Waals surface area contributed by atoms with Gasteiger partial charge in [-0.15, -0.1) is 0 Å². The van der Waals surface area contributed by atoms with Crippen LogP contribution in [0.15, 0.2) is 158 Å². The highest BCUT2D eigenvalue weighted by molar-refractivity contribution is 6.14. The molecule has 0 bridgehead atoms. The van der Waals surface area contributed by atoms with E-state index in [1.165, 1.54) is 60.5 Å². The quantitative estimate of drug-likeness (QED) is 0.192. The van der Waals surface area contributed by atoms with Gasteiger partial charge in [0.05, 0.1) is 0 Å². The van der Waals surface area contributed by atoms with E-state index >= 15 is 0 Å².